The molecule has 1 N–H and O–H groups in total. The van der Waals surface area contributed by atoms with E-state index < -0.39 is 0 Å². The van der Waals surface area contributed by atoms with Crippen molar-refractivity contribution in [2.75, 3.05) is 16.8 Å². The van der Waals surface area contributed by atoms with Gasteiger partial charge in [0, 0.05) is 17.9 Å². The largest absolute Gasteiger partial charge is 0.332 e. The molecule has 2 aromatic carbocycles. The van der Waals surface area contributed by atoms with E-state index in [1.54, 1.807) is 0 Å². The van der Waals surface area contributed by atoms with E-state index in [2.05, 4.69) is 67.4 Å². The zero-order valence-electron chi connectivity index (χ0n) is 12.9. The van der Waals surface area contributed by atoms with Gasteiger partial charge in [0.2, 0.25) is 0 Å². The summed E-state index contributed by atoms with van der Waals surface area (Å²) in [5, 5.41) is 4.06. The van der Waals surface area contributed by atoms with E-state index in [9.17, 15) is 0 Å². The zero-order chi connectivity index (χ0) is 15.2. The average Bonchev–Trinajstić information content (AvgIpc) is 2.50. The molecule has 0 saturated heterocycles. The second-order valence-corrected chi connectivity index (χ2v) is 5.40. The van der Waals surface area contributed by atoms with Crippen molar-refractivity contribution in [2.24, 2.45) is 0 Å². The van der Waals surface area contributed by atoms with Gasteiger partial charge in [-0.2, -0.15) is 0 Å². The smallest absolute Gasteiger partial charge is 0.177 e. The van der Waals surface area contributed by atoms with Crippen LogP contribution in [0.4, 0.5) is 11.4 Å². The van der Waals surface area contributed by atoms with Gasteiger partial charge in [0.25, 0.3) is 0 Å². The fourth-order valence-corrected chi connectivity index (χ4v) is 2.65. The molecule has 2 aromatic rings. The highest BCUT2D eigenvalue weighted by atomic mass is 32.1. The SMILES string of the molecule is CCc1ccc(NC(=S)N(CC)c2ccccc2C)cc1. The first kappa shape index (κ1) is 15.5. The molecular formula is C18H22N2S. The Morgan fingerprint density at radius 3 is 2.29 bits per heavy atom. The number of benzene rings is 2. The molecule has 0 amide bonds. The van der Waals surface area contributed by atoms with Crippen LogP contribution >= 0.6 is 12.2 Å². The number of hydrogen-bond acceptors (Lipinski definition) is 1. The van der Waals surface area contributed by atoms with E-state index in [0.717, 1.165) is 29.5 Å². The number of rotatable bonds is 4. The predicted octanol–water partition coefficient (Wildman–Crippen LogP) is 4.78. The first-order chi connectivity index (χ1) is 10.2. The van der Waals surface area contributed by atoms with Gasteiger partial charge < -0.3 is 10.2 Å². The van der Waals surface area contributed by atoms with Gasteiger partial charge in [-0.15, -0.1) is 0 Å². The van der Waals surface area contributed by atoms with Crippen molar-refractivity contribution < 1.29 is 0 Å². The van der Waals surface area contributed by atoms with Crippen LogP contribution in [0.3, 0.4) is 0 Å². The molecule has 0 aliphatic heterocycles. The van der Waals surface area contributed by atoms with Crippen LogP contribution in [0.15, 0.2) is 48.5 Å². The van der Waals surface area contributed by atoms with Crippen LogP contribution in [0.2, 0.25) is 0 Å². The monoisotopic (exact) mass is 298 g/mol. The number of anilines is 2. The van der Waals surface area contributed by atoms with E-state index in [1.807, 2.05) is 12.1 Å². The highest BCUT2D eigenvalue weighted by molar-refractivity contribution is 7.80. The summed E-state index contributed by atoms with van der Waals surface area (Å²) < 4.78 is 0. The van der Waals surface area contributed by atoms with E-state index in [4.69, 9.17) is 12.2 Å². The van der Waals surface area contributed by atoms with Gasteiger partial charge in [0.15, 0.2) is 5.11 Å². The molecule has 0 bridgehead atoms. The number of nitrogens with zero attached hydrogens (tertiary/aromatic N) is 1. The molecule has 0 fully saturated rings. The molecule has 2 nitrogen and oxygen atoms in total. The van der Waals surface area contributed by atoms with Crippen LogP contribution in [0.25, 0.3) is 0 Å². The van der Waals surface area contributed by atoms with Crippen molar-refractivity contribution >= 4 is 28.7 Å². The lowest BCUT2D eigenvalue weighted by Crippen LogP contribution is -2.35. The molecule has 0 spiro atoms. The Hall–Kier alpha value is -1.87. The van der Waals surface area contributed by atoms with Gasteiger partial charge >= 0.3 is 0 Å². The zero-order valence-corrected chi connectivity index (χ0v) is 13.7. The molecule has 0 aliphatic carbocycles. The average molecular weight is 298 g/mol. The van der Waals surface area contributed by atoms with Gasteiger partial charge in [-0.05, 0) is 61.8 Å². The summed E-state index contributed by atoms with van der Waals surface area (Å²) in [5.74, 6) is 0. The molecule has 0 aliphatic rings. The first-order valence-electron chi connectivity index (χ1n) is 7.38. The van der Waals surface area contributed by atoms with Crippen molar-refractivity contribution in [3.8, 4) is 0 Å². The van der Waals surface area contributed by atoms with Crippen molar-refractivity contribution in [3.63, 3.8) is 0 Å². The lowest BCUT2D eigenvalue weighted by atomic mass is 10.1. The summed E-state index contributed by atoms with van der Waals surface area (Å²) in [5.41, 5.74) is 4.74. The molecule has 0 radical (unpaired) electrons. The van der Waals surface area contributed by atoms with Crippen LogP contribution in [-0.2, 0) is 6.42 Å². The van der Waals surface area contributed by atoms with E-state index >= 15 is 0 Å². The van der Waals surface area contributed by atoms with Gasteiger partial charge in [-0.25, -0.2) is 0 Å². The number of hydrogen-bond donors (Lipinski definition) is 1. The van der Waals surface area contributed by atoms with Crippen molar-refractivity contribution in [3.05, 3.63) is 59.7 Å². The van der Waals surface area contributed by atoms with E-state index in [0.29, 0.717) is 0 Å². The number of thiocarbonyl (C=S) groups is 1. The maximum absolute atomic E-state index is 5.57. The van der Waals surface area contributed by atoms with Crippen LogP contribution in [-0.4, -0.2) is 11.7 Å². The van der Waals surface area contributed by atoms with Crippen molar-refractivity contribution in [1.29, 1.82) is 0 Å². The third kappa shape index (κ3) is 3.82. The number of aryl methyl sites for hydroxylation is 2. The minimum Gasteiger partial charge on any atom is -0.332 e. The van der Waals surface area contributed by atoms with Crippen LogP contribution in [0, 0.1) is 6.92 Å². The van der Waals surface area contributed by atoms with E-state index in [1.165, 1.54) is 11.1 Å². The standard InChI is InChI=1S/C18H22N2S/c1-4-15-10-12-16(13-11-15)19-18(21)20(5-2)17-9-7-6-8-14(17)3/h6-13H,4-5H2,1-3H3,(H,19,21). The number of nitrogens with one attached hydrogen (secondary N) is 1. The summed E-state index contributed by atoms with van der Waals surface area (Å²) >= 11 is 5.57. The van der Waals surface area contributed by atoms with Crippen LogP contribution < -0.4 is 10.2 Å². The Morgan fingerprint density at radius 2 is 1.71 bits per heavy atom. The van der Waals surface area contributed by atoms with Crippen molar-refractivity contribution in [2.45, 2.75) is 27.2 Å². The minimum atomic E-state index is 0.732. The highest BCUT2D eigenvalue weighted by Crippen LogP contribution is 2.20. The topological polar surface area (TPSA) is 15.3 Å². The summed E-state index contributed by atoms with van der Waals surface area (Å²) in [6, 6.07) is 16.7. The molecular weight excluding hydrogens is 276 g/mol. The minimum absolute atomic E-state index is 0.732. The fourth-order valence-electron chi connectivity index (χ4n) is 2.30. The highest BCUT2D eigenvalue weighted by Gasteiger charge is 2.12. The summed E-state index contributed by atoms with van der Waals surface area (Å²) in [7, 11) is 0. The molecule has 0 unspecified atom stereocenters. The molecule has 21 heavy (non-hydrogen) atoms. The lowest BCUT2D eigenvalue weighted by Gasteiger charge is -2.26. The molecule has 3 heteroatoms. The summed E-state index contributed by atoms with van der Waals surface area (Å²) in [6.07, 6.45) is 1.05. The number of para-hydroxylation sites is 1. The summed E-state index contributed by atoms with van der Waals surface area (Å²) in [4.78, 5) is 2.12. The maximum atomic E-state index is 5.57. The molecule has 0 aromatic heterocycles. The van der Waals surface area contributed by atoms with Crippen LogP contribution in [0.5, 0.6) is 0 Å². The Kier molecular flexibility index (Phi) is 5.34. The van der Waals surface area contributed by atoms with Crippen LogP contribution in [0.1, 0.15) is 25.0 Å². The van der Waals surface area contributed by atoms with E-state index in [-0.39, 0.29) is 0 Å². The van der Waals surface area contributed by atoms with Gasteiger partial charge in [0.1, 0.15) is 0 Å². The second-order valence-electron chi connectivity index (χ2n) is 5.01. The lowest BCUT2D eigenvalue weighted by molar-refractivity contribution is 1.06. The second kappa shape index (κ2) is 7.23. The van der Waals surface area contributed by atoms with Gasteiger partial charge in [-0.1, -0.05) is 37.3 Å². The fraction of sp³-hybridized carbons (Fsp3) is 0.278. The maximum Gasteiger partial charge on any atom is 0.177 e. The third-order valence-electron chi connectivity index (χ3n) is 3.58. The van der Waals surface area contributed by atoms with Gasteiger partial charge in [-0.3, -0.25) is 0 Å². The predicted molar refractivity (Wildman–Crippen MR) is 96.2 cm³/mol. The molecule has 2 rings (SSSR count). The third-order valence-corrected chi connectivity index (χ3v) is 3.90. The Bertz CT molecular complexity index is 605. The molecule has 0 saturated carbocycles. The summed E-state index contributed by atoms with van der Waals surface area (Å²) in [6.45, 7) is 7.21. The molecule has 0 atom stereocenters. The Balaban J connectivity index is 2.15. The molecule has 0 heterocycles. The quantitative estimate of drug-likeness (QED) is 0.818. The first-order valence-corrected chi connectivity index (χ1v) is 7.79. The van der Waals surface area contributed by atoms with Crippen molar-refractivity contribution in [1.82, 2.24) is 0 Å². The van der Waals surface area contributed by atoms with Gasteiger partial charge in [0.05, 0.1) is 0 Å². The normalized spacial score (nSPS) is 10.2. The molecule has 110 valence electrons. The Morgan fingerprint density at radius 1 is 1.05 bits per heavy atom. The Labute approximate surface area is 132 Å².